The fourth-order valence-corrected chi connectivity index (χ4v) is 4.92. The van der Waals surface area contributed by atoms with Crippen LogP contribution in [-0.4, -0.2) is 56.2 Å². The molecular weight excluding hydrogens is 272 g/mol. The largest absolute Gasteiger partial charge is 0.380 e. The zero-order valence-electron chi connectivity index (χ0n) is 13.9. The van der Waals surface area contributed by atoms with Gasteiger partial charge in [-0.1, -0.05) is 24.3 Å². The predicted octanol–water partition coefficient (Wildman–Crippen LogP) is 2.82. The Hall–Kier alpha value is -0.900. The molecule has 0 N–H and O–H groups in total. The van der Waals surface area contributed by atoms with E-state index < -0.39 is 0 Å². The molecule has 1 spiro atoms. The van der Waals surface area contributed by atoms with Crippen molar-refractivity contribution >= 4 is 0 Å². The minimum Gasteiger partial charge on any atom is -0.380 e. The lowest BCUT2D eigenvalue weighted by Gasteiger charge is -2.42. The van der Waals surface area contributed by atoms with Gasteiger partial charge in [-0.25, -0.2) is 0 Å². The lowest BCUT2D eigenvalue weighted by Crippen LogP contribution is -2.46. The Labute approximate surface area is 134 Å². The van der Waals surface area contributed by atoms with Crippen molar-refractivity contribution in [2.45, 2.75) is 43.2 Å². The molecule has 3 nitrogen and oxygen atoms in total. The number of ether oxygens (including phenoxy) is 1. The highest BCUT2D eigenvalue weighted by molar-refractivity contribution is 5.42. The maximum atomic E-state index is 5.58. The summed E-state index contributed by atoms with van der Waals surface area (Å²) in [6.07, 6.45) is 5.15. The van der Waals surface area contributed by atoms with Crippen LogP contribution in [-0.2, 0) is 10.2 Å². The molecule has 1 aliphatic carbocycles. The molecule has 0 radical (unpaired) electrons. The van der Waals surface area contributed by atoms with E-state index in [1.165, 1.54) is 38.8 Å². The Morgan fingerprint density at radius 3 is 2.64 bits per heavy atom. The smallest absolute Gasteiger partial charge is 0.0622 e. The summed E-state index contributed by atoms with van der Waals surface area (Å²) in [5.41, 5.74) is 3.63. The number of fused-ring (bicyclic) bond motifs is 2. The second-order valence-electron chi connectivity index (χ2n) is 7.60. The van der Waals surface area contributed by atoms with Crippen LogP contribution in [0.15, 0.2) is 24.3 Å². The van der Waals surface area contributed by atoms with E-state index in [1.807, 2.05) is 0 Å². The molecule has 2 saturated heterocycles. The van der Waals surface area contributed by atoms with E-state index in [0.29, 0.717) is 17.5 Å². The van der Waals surface area contributed by atoms with Crippen LogP contribution in [0.25, 0.3) is 0 Å². The second-order valence-corrected chi connectivity index (χ2v) is 7.60. The summed E-state index contributed by atoms with van der Waals surface area (Å²) >= 11 is 0. The zero-order valence-corrected chi connectivity index (χ0v) is 13.9. The third kappa shape index (κ3) is 2.31. The van der Waals surface area contributed by atoms with Gasteiger partial charge in [0.1, 0.15) is 0 Å². The predicted molar refractivity (Wildman–Crippen MR) is 89.2 cm³/mol. The summed E-state index contributed by atoms with van der Waals surface area (Å²) < 4.78 is 5.58. The van der Waals surface area contributed by atoms with E-state index in [9.17, 15) is 0 Å². The van der Waals surface area contributed by atoms with Gasteiger partial charge in [-0.2, -0.15) is 0 Å². The minimum atomic E-state index is 0.418. The minimum absolute atomic E-state index is 0.418. The van der Waals surface area contributed by atoms with Crippen molar-refractivity contribution in [2.24, 2.45) is 0 Å². The van der Waals surface area contributed by atoms with Crippen LogP contribution in [0.3, 0.4) is 0 Å². The summed E-state index contributed by atoms with van der Waals surface area (Å²) in [7, 11) is 4.46. The Balaban J connectivity index is 1.56. The fourth-order valence-electron chi connectivity index (χ4n) is 4.92. The van der Waals surface area contributed by atoms with Gasteiger partial charge in [0, 0.05) is 18.7 Å². The highest BCUT2D eigenvalue weighted by atomic mass is 16.5. The number of hydrogen-bond acceptors (Lipinski definition) is 3. The third-order valence-electron chi connectivity index (χ3n) is 6.28. The first-order valence-corrected chi connectivity index (χ1v) is 8.77. The van der Waals surface area contributed by atoms with Gasteiger partial charge in [-0.05, 0) is 69.4 Å². The first kappa shape index (κ1) is 14.7. The van der Waals surface area contributed by atoms with Crippen molar-refractivity contribution in [3.05, 3.63) is 35.4 Å². The normalized spacial score (nSPS) is 31.0. The van der Waals surface area contributed by atoms with Crippen LogP contribution in [0.5, 0.6) is 0 Å². The molecule has 2 heterocycles. The average molecular weight is 300 g/mol. The van der Waals surface area contributed by atoms with Gasteiger partial charge in [-0.3, -0.25) is 4.90 Å². The molecule has 0 aromatic heterocycles. The molecule has 0 amide bonds. The van der Waals surface area contributed by atoms with Crippen molar-refractivity contribution in [1.29, 1.82) is 0 Å². The first-order chi connectivity index (χ1) is 10.7. The molecule has 4 rings (SSSR count). The maximum Gasteiger partial charge on any atom is 0.0622 e. The van der Waals surface area contributed by atoms with Crippen LogP contribution < -0.4 is 0 Å². The molecule has 0 unspecified atom stereocenters. The summed E-state index contributed by atoms with van der Waals surface area (Å²) in [5, 5.41) is 0. The Bertz CT molecular complexity index is 528. The van der Waals surface area contributed by atoms with Crippen molar-refractivity contribution < 1.29 is 4.74 Å². The van der Waals surface area contributed by atoms with Crippen LogP contribution in [0.2, 0.25) is 0 Å². The van der Waals surface area contributed by atoms with E-state index in [2.05, 4.69) is 48.2 Å². The fraction of sp³-hybridized carbons (Fsp3) is 0.684. The molecule has 22 heavy (non-hydrogen) atoms. The number of rotatable bonds is 2. The van der Waals surface area contributed by atoms with E-state index in [4.69, 9.17) is 4.74 Å². The number of hydrogen-bond donors (Lipinski definition) is 0. The number of piperidine rings is 1. The maximum absolute atomic E-state index is 5.58. The van der Waals surface area contributed by atoms with Gasteiger partial charge in [-0.15, -0.1) is 0 Å². The van der Waals surface area contributed by atoms with Gasteiger partial charge in [0.05, 0.1) is 6.61 Å². The lowest BCUT2D eigenvalue weighted by molar-refractivity contribution is 0.0906. The molecule has 0 bridgehead atoms. The molecule has 2 fully saturated rings. The number of benzene rings is 1. The van der Waals surface area contributed by atoms with Gasteiger partial charge in [0.25, 0.3) is 0 Å². The molecule has 2 aliphatic heterocycles. The van der Waals surface area contributed by atoms with Crippen LogP contribution in [0, 0.1) is 0 Å². The number of nitrogens with zero attached hydrogens (tertiary/aromatic N) is 2. The van der Waals surface area contributed by atoms with E-state index in [0.717, 1.165) is 13.2 Å². The Morgan fingerprint density at radius 1 is 1.18 bits per heavy atom. The quantitative estimate of drug-likeness (QED) is 0.835. The molecule has 1 aromatic carbocycles. The topological polar surface area (TPSA) is 15.7 Å². The zero-order chi connectivity index (χ0) is 15.2. The highest BCUT2D eigenvalue weighted by Gasteiger charge is 2.46. The Kier molecular flexibility index (Phi) is 3.75. The molecule has 1 aromatic rings. The van der Waals surface area contributed by atoms with Gasteiger partial charge >= 0.3 is 0 Å². The second kappa shape index (κ2) is 5.63. The Morgan fingerprint density at radius 2 is 1.95 bits per heavy atom. The molecule has 3 aliphatic rings. The van der Waals surface area contributed by atoms with Crippen LogP contribution >= 0.6 is 0 Å². The highest BCUT2D eigenvalue weighted by Crippen LogP contribution is 2.52. The van der Waals surface area contributed by atoms with Gasteiger partial charge < -0.3 is 9.64 Å². The molecular formula is C19H28N2O. The lowest BCUT2D eigenvalue weighted by atomic mass is 9.73. The monoisotopic (exact) mass is 300 g/mol. The van der Waals surface area contributed by atoms with Crippen molar-refractivity contribution in [2.75, 3.05) is 40.4 Å². The third-order valence-corrected chi connectivity index (χ3v) is 6.28. The first-order valence-electron chi connectivity index (χ1n) is 8.77. The van der Waals surface area contributed by atoms with Crippen LogP contribution in [0.1, 0.15) is 42.9 Å². The molecule has 0 saturated carbocycles. The van der Waals surface area contributed by atoms with E-state index in [-0.39, 0.29) is 0 Å². The van der Waals surface area contributed by atoms with Crippen molar-refractivity contribution in [3.8, 4) is 0 Å². The summed E-state index contributed by atoms with van der Waals surface area (Å²) in [5.74, 6) is 0. The molecule has 2 atom stereocenters. The number of likely N-dealkylation sites (tertiary alicyclic amines) is 1. The van der Waals surface area contributed by atoms with Crippen molar-refractivity contribution in [1.82, 2.24) is 9.80 Å². The van der Waals surface area contributed by atoms with Gasteiger partial charge in [0.15, 0.2) is 0 Å². The standard InChI is InChI=1S/C19H28N2O/c1-20(2)18-13-19(17-6-4-3-5-16(17)18)8-10-21(11-9-19)15-7-12-22-14-15/h3-6,15,18H,7-14H2,1-2H3/t15-,18+/m0/s1. The van der Waals surface area contributed by atoms with Crippen LogP contribution in [0.4, 0.5) is 0 Å². The summed E-state index contributed by atoms with van der Waals surface area (Å²) in [4.78, 5) is 5.09. The van der Waals surface area contributed by atoms with E-state index in [1.54, 1.807) is 11.1 Å². The summed E-state index contributed by atoms with van der Waals surface area (Å²) in [6, 6.07) is 10.5. The van der Waals surface area contributed by atoms with Crippen molar-refractivity contribution in [3.63, 3.8) is 0 Å². The SMILES string of the molecule is CN(C)[C@@H]1CC2(CCN([C@H]3CCOC3)CC2)c2ccccc21. The summed E-state index contributed by atoms with van der Waals surface area (Å²) in [6.45, 7) is 4.38. The average Bonchev–Trinajstić information content (AvgIpc) is 3.16. The molecule has 3 heteroatoms. The van der Waals surface area contributed by atoms with E-state index >= 15 is 0 Å². The van der Waals surface area contributed by atoms with Gasteiger partial charge in [0.2, 0.25) is 0 Å². The molecule has 120 valence electrons.